The standard InChI is InChI=1S/C18H31N5O9/c1-8(2)14(18(31)32)23-16(29)10(4-5-12(20)25)21-17(30)11(7-24)22-15(28)9(19)3-6-13(26)27/h8-11,14,24H,3-7,19H2,1-2H3,(H2,20,25)(H,21,30)(H,22,28)(H,23,29)(H,26,27)(H,31,32)/t9-,10-,11-,14-/m0/s1. The van der Waals surface area contributed by atoms with E-state index in [0.29, 0.717) is 0 Å². The van der Waals surface area contributed by atoms with Crippen molar-refractivity contribution in [1.29, 1.82) is 0 Å². The number of aliphatic hydroxyl groups excluding tert-OH is 1. The summed E-state index contributed by atoms with van der Waals surface area (Å²) >= 11 is 0. The zero-order valence-electron chi connectivity index (χ0n) is 17.9. The highest BCUT2D eigenvalue weighted by Crippen LogP contribution is 2.05. The molecule has 0 aliphatic heterocycles. The minimum absolute atomic E-state index is 0.212. The minimum Gasteiger partial charge on any atom is -0.481 e. The largest absolute Gasteiger partial charge is 0.481 e. The second-order valence-electron chi connectivity index (χ2n) is 7.42. The number of nitrogens with one attached hydrogen (secondary N) is 3. The van der Waals surface area contributed by atoms with Crippen molar-refractivity contribution in [2.45, 2.75) is 63.7 Å². The lowest BCUT2D eigenvalue weighted by atomic mass is 10.0. The van der Waals surface area contributed by atoms with E-state index in [1.165, 1.54) is 0 Å². The van der Waals surface area contributed by atoms with Gasteiger partial charge < -0.3 is 42.7 Å². The average Bonchev–Trinajstić information content (AvgIpc) is 2.69. The number of carbonyl (C=O) groups excluding carboxylic acids is 4. The molecule has 0 heterocycles. The average molecular weight is 461 g/mol. The van der Waals surface area contributed by atoms with E-state index in [2.05, 4.69) is 16.0 Å². The van der Waals surface area contributed by atoms with Crippen LogP contribution in [0.3, 0.4) is 0 Å². The van der Waals surface area contributed by atoms with Crippen LogP contribution in [-0.2, 0) is 28.8 Å². The van der Waals surface area contributed by atoms with Gasteiger partial charge in [-0.25, -0.2) is 4.79 Å². The van der Waals surface area contributed by atoms with Crippen LogP contribution >= 0.6 is 0 Å². The molecule has 0 aliphatic carbocycles. The van der Waals surface area contributed by atoms with Gasteiger partial charge in [-0.2, -0.15) is 0 Å². The Kier molecular flexibility index (Phi) is 12.5. The molecule has 182 valence electrons. The van der Waals surface area contributed by atoms with Crippen molar-refractivity contribution in [2.24, 2.45) is 17.4 Å². The molecular formula is C18H31N5O9. The van der Waals surface area contributed by atoms with Crippen molar-refractivity contribution in [3.05, 3.63) is 0 Å². The molecule has 0 aromatic heterocycles. The van der Waals surface area contributed by atoms with E-state index in [4.69, 9.17) is 16.6 Å². The van der Waals surface area contributed by atoms with Gasteiger partial charge >= 0.3 is 11.9 Å². The Bertz CT molecular complexity index is 713. The fraction of sp³-hybridized carbons (Fsp3) is 0.667. The van der Waals surface area contributed by atoms with Gasteiger partial charge in [-0.3, -0.25) is 24.0 Å². The Balaban J connectivity index is 5.28. The van der Waals surface area contributed by atoms with Crippen molar-refractivity contribution in [1.82, 2.24) is 16.0 Å². The molecule has 0 aromatic carbocycles. The summed E-state index contributed by atoms with van der Waals surface area (Å²) in [5.41, 5.74) is 10.6. The molecule has 0 spiro atoms. The van der Waals surface area contributed by atoms with Crippen molar-refractivity contribution >= 4 is 35.6 Å². The van der Waals surface area contributed by atoms with Gasteiger partial charge in [0.25, 0.3) is 0 Å². The topological polar surface area (TPSA) is 251 Å². The van der Waals surface area contributed by atoms with Crippen LogP contribution < -0.4 is 27.4 Å². The fourth-order valence-electron chi connectivity index (χ4n) is 2.48. The molecule has 14 nitrogen and oxygen atoms in total. The van der Waals surface area contributed by atoms with E-state index in [0.717, 1.165) is 0 Å². The first-order chi connectivity index (χ1) is 14.8. The number of aliphatic carboxylic acids is 2. The van der Waals surface area contributed by atoms with Crippen LogP contribution in [0, 0.1) is 5.92 Å². The molecule has 0 fully saturated rings. The number of nitrogens with two attached hydrogens (primary N) is 2. The number of primary amides is 1. The number of hydrogen-bond donors (Lipinski definition) is 8. The zero-order chi connectivity index (χ0) is 25.0. The summed E-state index contributed by atoms with van der Waals surface area (Å²) < 4.78 is 0. The van der Waals surface area contributed by atoms with Gasteiger partial charge in [0.15, 0.2) is 0 Å². The quantitative estimate of drug-likeness (QED) is 0.120. The highest BCUT2D eigenvalue weighted by atomic mass is 16.4. The van der Waals surface area contributed by atoms with Gasteiger partial charge in [0.05, 0.1) is 12.6 Å². The van der Waals surface area contributed by atoms with E-state index in [1.807, 2.05) is 0 Å². The molecule has 0 aliphatic rings. The molecule has 0 aromatic rings. The molecular weight excluding hydrogens is 430 g/mol. The first kappa shape index (κ1) is 28.7. The van der Waals surface area contributed by atoms with Crippen LogP contribution in [-0.4, -0.2) is 81.7 Å². The highest BCUT2D eigenvalue weighted by molar-refractivity contribution is 5.94. The van der Waals surface area contributed by atoms with E-state index in [-0.39, 0.29) is 25.7 Å². The van der Waals surface area contributed by atoms with E-state index in [9.17, 15) is 39.0 Å². The molecule has 0 saturated heterocycles. The fourth-order valence-corrected chi connectivity index (χ4v) is 2.48. The SMILES string of the molecule is CC(C)[C@H](NC(=O)[C@H](CCC(N)=O)NC(=O)[C@H](CO)NC(=O)[C@@H](N)CCC(=O)O)C(=O)O. The summed E-state index contributed by atoms with van der Waals surface area (Å²) in [6.45, 7) is 2.24. The van der Waals surface area contributed by atoms with Crippen LogP contribution in [0.1, 0.15) is 39.5 Å². The maximum absolute atomic E-state index is 12.5. The number of amides is 4. The molecule has 14 heteroatoms. The van der Waals surface area contributed by atoms with Gasteiger partial charge in [0.1, 0.15) is 18.1 Å². The maximum Gasteiger partial charge on any atom is 0.326 e. The Labute approximate surface area is 184 Å². The highest BCUT2D eigenvalue weighted by Gasteiger charge is 2.31. The summed E-state index contributed by atoms with van der Waals surface area (Å²) in [5, 5.41) is 33.9. The van der Waals surface area contributed by atoms with Crippen LogP contribution in [0.2, 0.25) is 0 Å². The first-order valence-corrected chi connectivity index (χ1v) is 9.80. The third-order valence-corrected chi connectivity index (χ3v) is 4.36. The minimum atomic E-state index is -1.54. The van der Waals surface area contributed by atoms with Crippen molar-refractivity contribution in [3.8, 4) is 0 Å². The Morgan fingerprint density at radius 3 is 1.78 bits per heavy atom. The van der Waals surface area contributed by atoms with Gasteiger partial charge in [0, 0.05) is 12.8 Å². The third-order valence-electron chi connectivity index (χ3n) is 4.36. The Hall–Kier alpha value is -3.26. The number of carboxylic acid groups (broad SMARTS) is 2. The number of aliphatic hydroxyl groups is 1. The zero-order valence-corrected chi connectivity index (χ0v) is 17.9. The predicted octanol–water partition coefficient (Wildman–Crippen LogP) is -3.37. The smallest absolute Gasteiger partial charge is 0.326 e. The molecule has 32 heavy (non-hydrogen) atoms. The van der Waals surface area contributed by atoms with Crippen molar-refractivity contribution < 1.29 is 44.1 Å². The first-order valence-electron chi connectivity index (χ1n) is 9.80. The molecule has 0 unspecified atom stereocenters. The summed E-state index contributed by atoms with van der Waals surface area (Å²) in [7, 11) is 0. The Morgan fingerprint density at radius 1 is 0.812 bits per heavy atom. The van der Waals surface area contributed by atoms with Crippen LogP contribution in [0.25, 0.3) is 0 Å². The summed E-state index contributed by atoms with van der Waals surface area (Å²) in [6.07, 6.45) is -1.17. The summed E-state index contributed by atoms with van der Waals surface area (Å²) in [6, 6.07) is -5.45. The second-order valence-corrected chi connectivity index (χ2v) is 7.42. The lowest BCUT2D eigenvalue weighted by Crippen LogP contribution is -2.58. The normalized spacial score (nSPS) is 14.5. The van der Waals surface area contributed by atoms with Gasteiger partial charge in [-0.15, -0.1) is 0 Å². The van der Waals surface area contributed by atoms with Gasteiger partial charge in [-0.1, -0.05) is 13.8 Å². The third kappa shape index (κ3) is 10.7. The van der Waals surface area contributed by atoms with Crippen molar-refractivity contribution in [2.75, 3.05) is 6.61 Å². The molecule has 10 N–H and O–H groups in total. The van der Waals surface area contributed by atoms with Gasteiger partial charge in [-0.05, 0) is 18.8 Å². The molecule has 0 radical (unpaired) electrons. The molecule has 0 bridgehead atoms. The number of carbonyl (C=O) groups is 6. The van der Waals surface area contributed by atoms with E-state index in [1.54, 1.807) is 13.8 Å². The number of carboxylic acids is 2. The second kappa shape index (κ2) is 13.9. The number of hydrogen-bond acceptors (Lipinski definition) is 8. The summed E-state index contributed by atoms with van der Waals surface area (Å²) in [5.74, 6) is -6.54. The summed E-state index contributed by atoms with van der Waals surface area (Å²) in [4.78, 5) is 70.0. The monoisotopic (exact) mass is 461 g/mol. The van der Waals surface area contributed by atoms with E-state index >= 15 is 0 Å². The molecule has 4 amide bonds. The van der Waals surface area contributed by atoms with Crippen LogP contribution in [0.5, 0.6) is 0 Å². The predicted molar refractivity (Wildman–Crippen MR) is 109 cm³/mol. The van der Waals surface area contributed by atoms with Crippen LogP contribution in [0.15, 0.2) is 0 Å². The lowest BCUT2D eigenvalue weighted by Gasteiger charge is -2.25. The van der Waals surface area contributed by atoms with E-state index < -0.39 is 72.3 Å². The molecule has 4 atom stereocenters. The lowest BCUT2D eigenvalue weighted by molar-refractivity contribution is -0.143. The Morgan fingerprint density at radius 2 is 1.34 bits per heavy atom. The van der Waals surface area contributed by atoms with Crippen molar-refractivity contribution in [3.63, 3.8) is 0 Å². The molecule has 0 rings (SSSR count). The maximum atomic E-state index is 12.5. The van der Waals surface area contributed by atoms with Gasteiger partial charge in [0.2, 0.25) is 23.6 Å². The molecule has 0 saturated carbocycles. The number of rotatable bonds is 15. The van der Waals surface area contributed by atoms with Crippen LogP contribution in [0.4, 0.5) is 0 Å².